The minimum Gasteiger partial charge on any atom is -0.493 e. The standard InChI is InChI=1S/C18H24N2O/c1-13(2)12-21-15-8-9-17(19)16(11-15)18(20)10-14-6-4-3-5-7-14/h3-9,11,13,18H,10,12,19-20H2,1-2H3. The van der Waals surface area contributed by atoms with E-state index in [1.54, 1.807) is 0 Å². The van der Waals surface area contributed by atoms with Gasteiger partial charge in [-0.2, -0.15) is 0 Å². The number of hydrogen-bond acceptors (Lipinski definition) is 3. The Bertz CT molecular complexity index is 567. The van der Waals surface area contributed by atoms with Gasteiger partial charge in [0.25, 0.3) is 0 Å². The van der Waals surface area contributed by atoms with Crippen molar-refractivity contribution in [3.8, 4) is 5.75 Å². The second kappa shape index (κ2) is 7.14. The topological polar surface area (TPSA) is 61.3 Å². The Balaban J connectivity index is 2.12. The van der Waals surface area contributed by atoms with Crippen LogP contribution in [-0.4, -0.2) is 6.61 Å². The highest BCUT2D eigenvalue weighted by Crippen LogP contribution is 2.26. The van der Waals surface area contributed by atoms with Crippen molar-refractivity contribution in [1.29, 1.82) is 0 Å². The van der Waals surface area contributed by atoms with Crippen LogP contribution in [0.25, 0.3) is 0 Å². The second-order valence-corrected chi connectivity index (χ2v) is 5.79. The molecule has 0 saturated heterocycles. The van der Waals surface area contributed by atoms with Crippen molar-refractivity contribution in [3.05, 3.63) is 59.7 Å². The van der Waals surface area contributed by atoms with Crippen molar-refractivity contribution >= 4 is 5.69 Å². The molecule has 2 rings (SSSR count). The van der Waals surface area contributed by atoms with Gasteiger partial charge in [0.15, 0.2) is 0 Å². The zero-order chi connectivity index (χ0) is 15.2. The van der Waals surface area contributed by atoms with Crippen LogP contribution in [0, 0.1) is 5.92 Å². The van der Waals surface area contributed by atoms with Crippen LogP contribution in [0.4, 0.5) is 5.69 Å². The molecule has 0 bridgehead atoms. The molecule has 2 aromatic rings. The van der Waals surface area contributed by atoms with Gasteiger partial charge in [0.2, 0.25) is 0 Å². The quantitative estimate of drug-likeness (QED) is 0.797. The smallest absolute Gasteiger partial charge is 0.119 e. The molecule has 0 aliphatic heterocycles. The highest BCUT2D eigenvalue weighted by molar-refractivity contribution is 5.52. The fourth-order valence-electron chi connectivity index (χ4n) is 2.20. The molecule has 0 aliphatic rings. The van der Waals surface area contributed by atoms with E-state index in [0.717, 1.165) is 23.4 Å². The minimum atomic E-state index is -0.130. The first-order valence-electron chi connectivity index (χ1n) is 7.38. The summed E-state index contributed by atoms with van der Waals surface area (Å²) in [6, 6.07) is 15.8. The first-order valence-corrected chi connectivity index (χ1v) is 7.38. The molecule has 0 aliphatic carbocycles. The van der Waals surface area contributed by atoms with E-state index < -0.39 is 0 Å². The molecule has 1 unspecified atom stereocenters. The minimum absolute atomic E-state index is 0.130. The molecule has 0 aromatic heterocycles. The van der Waals surface area contributed by atoms with Crippen LogP contribution >= 0.6 is 0 Å². The van der Waals surface area contributed by atoms with E-state index in [-0.39, 0.29) is 6.04 Å². The number of benzene rings is 2. The Kier molecular flexibility index (Phi) is 5.23. The summed E-state index contributed by atoms with van der Waals surface area (Å²) in [5.41, 5.74) is 15.3. The maximum atomic E-state index is 6.32. The summed E-state index contributed by atoms with van der Waals surface area (Å²) in [6.45, 7) is 4.94. The number of nitrogen functional groups attached to an aromatic ring is 1. The van der Waals surface area contributed by atoms with Crippen molar-refractivity contribution in [2.75, 3.05) is 12.3 Å². The van der Waals surface area contributed by atoms with Crippen LogP contribution in [0.15, 0.2) is 48.5 Å². The maximum absolute atomic E-state index is 6.32. The van der Waals surface area contributed by atoms with Gasteiger partial charge in [-0.25, -0.2) is 0 Å². The molecule has 0 saturated carbocycles. The van der Waals surface area contributed by atoms with Crippen molar-refractivity contribution in [3.63, 3.8) is 0 Å². The summed E-state index contributed by atoms with van der Waals surface area (Å²) >= 11 is 0. The molecule has 3 heteroatoms. The monoisotopic (exact) mass is 284 g/mol. The molecule has 2 aromatic carbocycles. The van der Waals surface area contributed by atoms with Gasteiger partial charge in [0, 0.05) is 11.7 Å². The molecular weight excluding hydrogens is 260 g/mol. The number of nitrogens with two attached hydrogens (primary N) is 2. The van der Waals surface area contributed by atoms with Crippen molar-refractivity contribution in [2.45, 2.75) is 26.3 Å². The Morgan fingerprint density at radius 3 is 2.43 bits per heavy atom. The Morgan fingerprint density at radius 2 is 1.76 bits per heavy atom. The molecular formula is C18H24N2O. The highest BCUT2D eigenvalue weighted by atomic mass is 16.5. The van der Waals surface area contributed by atoms with Crippen LogP contribution < -0.4 is 16.2 Å². The van der Waals surface area contributed by atoms with Crippen molar-refractivity contribution < 1.29 is 4.74 Å². The number of anilines is 1. The lowest BCUT2D eigenvalue weighted by molar-refractivity contribution is 0.271. The third kappa shape index (κ3) is 4.50. The fourth-order valence-corrected chi connectivity index (χ4v) is 2.20. The molecule has 0 radical (unpaired) electrons. The summed E-state index contributed by atoms with van der Waals surface area (Å²) in [4.78, 5) is 0. The Labute approximate surface area is 126 Å². The first-order chi connectivity index (χ1) is 10.1. The van der Waals surface area contributed by atoms with Gasteiger partial charge in [0.1, 0.15) is 5.75 Å². The average molecular weight is 284 g/mol. The van der Waals surface area contributed by atoms with Gasteiger partial charge in [-0.3, -0.25) is 0 Å². The lowest BCUT2D eigenvalue weighted by atomic mass is 9.98. The number of rotatable bonds is 6. The summed E-state index contributed by atoms with van der Waals surface area (Å²) in [5.74, 6) is 1.32. The van der Waals surface area contributed by atoms with E-state index in [2.05, 4.69) is 26.0 Å². The van der Waals surface area contributed by atoms with Gasteiger partial charge in [0.05, 0.1) is 6.61 Å². The van der Waals surface area contributed by atoms with E-state index >= 15 is 0 Å². The third-order valence-electron chi connectivity index (χ3n) is 3.34. The summed E-state index contributed by atoms with van der Waals surface area (Å²) in [6.07, 6.45) is 0.763. The van der Waals surface area contributed by atoms with E-state index in [0.29, 0.717) is 12.5 Å². The van der Waals surface area contributed by atoms with E-state index in [1.165, 1.54) is 5.56 Å². The zero-order valence-corrected chi connectivity index (χ0v) is 12.8. The molecule has 0 spiro atoms. The fraction of sp³-hybridized carbons (Fsp3) is 0.333. The van der Waals surface area contributed by atoms with Crippen LogP contribution in [0.3, 0.4) is 0 Å². The first kappa shape index (κ1) is 15.4. The van der Waals surface area contributed by atoms with Gasteiger partial charge in [-0.1, -0.05) is 44.2 Å². The molecule has 3 nitrogen and oxygen atoms in total. The summed E-state index contributed by atoms with van der Waals surface area (Å²) in [7, 11) is 0. The zero-order valence-electron chi connectivity index (χ0n) is 12.8. The lowest BCUT2D eigenvalue weighted by Gasteiger charge is -2.17. The molecule has 0 fully saturated rings. The van der Waals surface area contributed by atoms with Crippen LogP contribution in [0.2, 0.25) is 0 Å². The lowest BCUT2D eigenvalue weighted by Crippen LogP contribution is -2.15. The molecule has 0 amide bonds. The predicted molar refractivity (Wildman–Crippen MR) is 88.3 cm³/mol. The molecule has 1 atom stereocenters. The van der Waals surface area contributed by atoms with E-state index in [9.17, 15) is 0 Å². The Hall–Kier alpha value is -2.00. The van der Waals surface area contributed by atoms with Gasteiger partial charge in [-0.15, -0.1) is 0 Å². The van der Waals surface area contributed by atoms with Crippen LogP contribution in [0.1, 0.15) is 31.0 Å². The SMILES string of the molecule is CC(C)COc1ccc(N)c(C(N)Cc2ccccc2)c1. The molecule has 112 valence electrons. The molecule has 4 N–H and O–H groups in total. The normalized spacial score (nSPS) is 12.4. The van der Waals surface area contributed by atoms with E-state index in [4.69, 9.17) is 16.2 Å². The molecule has 0 heterocycles. The van der Waals surface area contributed by atoms with E-state index in [1.807, 2.05) is 36.4 Å². The van der Waals surface area contributed by atoms with Crippen LogP contribution in [-0.2, 0) is 6.42 Å². The van der Waals surface area contributed by atoms with Crippen LogP contribution in [0.5, 0.6) is 5.75 Å². The van der Waals surface area contributed by atoms with Crippen molar-refractivity contribution in [1.82, 2.24) is 0 Å². The van der Waals surface area contributed by atoms with Gasteiger partial charge >= 0.3 is 0 Å². The summed E-state index contributed by atoms with van der Waals surface area (Å²) < 4.78 is 5.75. The second-order valence-electron chi connectivity index (χ2n) is 5.79. The highest BCUT2D eigenvalue weighted by Gasteiger charge is 2.12. The van der Waals surface area contributed by atoms with Crippen molar-refractivity contribution in [2.24, 2.45) is 11.7 Å². The largest absolute Gasteiger partial charge is 0.493 e. The number of hydrogen-bond donors (Lipinski definition) is 2. The van der Waals surface area contributed by atoms with Gasteiger partial charge in [-0.05, 0) is 41.7 Å². The Morgan fingerprint density at radius 1 is 1.05 bits per heavy atom. The summed E-state index contributed by atoms with van der Waals surface area (Å²) in [5, 5.41) is 0. The maximum Gasteiger partial charge on any atom is 0.119 e. The average Bonchev–Trinajstić information content (AvgIpc) is 2.47. The number of ether oxygens (including phenoxy) is 1. The molecule has 21 heavy (non-hydrogen) atoms. The predicted octanol–water partition coefficient (Wildman–Crippen LogP) is 3.55. The van der Waals surface area contributed by atoms with Gasteiger partial charge < -0.3 is 16.2 Å². The third-order valence-corrected chi connectivity index (χ3v) is 3.34.